The molecule has 1 fully saturated rings. The minimum Gasteiger partial charge on any atom is -0.378 e. The molecule has 2 heterocycles. The van der Waals surface area contributed by atoms with Gasteiger partial charge in [-0.25, -0.2) is 0 Å². The van der Waals surface area contributed by atoms with Gasteiger partial charge in [0.25, 0.3) is 0 Å². The van der Waals surface area contributed by atoms with Gasteiger partial charge in [-0.2, -0.15) is 0 Å². The lowest BCUT2D eigenvalue weighted by Crippen LogP contribution is -2.14. The van der Waals surface area contributed by atoms with E-state index in [1.54, 1.807) is 0 Å². The number of benzene rings is 1. The highest BCUT2D eigenvalue weighted by Gasteiger charge is 2.21. The van der Waals surface area contributed by atoms with Crippen LogP contribution in [0.25, 0.3) is 5.69 Å². The van der Waals surface area contributed by atoms with E-state index < -0.39 is 0 Å². The van der Waals surface area contributed by atoms with E-state index in [9.17, 15) is 0 Å². The molecule has 1 aliphatic rings. The molecule has 0 spiro atoms. The van der Waals surface area contributed by atoms with Crippen LogP contribution in [0.5, 0.6) is 0 Å². The Morgan fingerprint density at radius 3 is 2.68 bits per heavy atom. The Morgan fingerprint density at radius 2 is 2.00 bits per heavy atom. The SMILES string of the molecule is BrCc1nnc(CC2CCCO2)n1-c1ccccc1. The van der Waals surface area contributed by atoms with Gasteiger partial charge in [-0.3, -0.25) is 4.57 Å². The normalized spacial score (nSPS) is 18.9. The molecule has 1 atom stereocenters. The van der Waals surface area contributed by atoms with Gasteiger partial charge >= 0.3 is 0 Å². The van der Waals surface area contributed by atoms with Crippen LogP contribution < -0.4 is 0 Å². The molecule has 4 nitrogen and oxygen atoms in total. The Kier molecular flexibility index (Phi) is 3.94. The summed E-state index contributed by atoms with van der Waals surface area (Å²) in [5, 5.41) is 9.29. The fraction of sp³-hybridized carbons (Fsp3) is 0.429. The first-order valence-corrected chi connectivity index (χ1v) is 7.67. The monoisotopic (exact) mass is 321 g/mol. The fourth-order valence-electron chi connectivity index (χ4n) is 2.46. The van der Waals surface area contributed by atoms with E-state index in [-0.39, 0.29) is 6.10 Å². The van der Waals surface area contributed by atoms with E-state index in [2.05, 4.69) is 42.8 Å². The first-order chi connectivity index (χ1) is 9.38. The molecule has 1 saturated heterocycles. The average molecular weight is 322 g/mol. The zero-order chi connectivity index (χ0) is 13.1. The molecule has 0 aliphatic carbocycles. The molecule has 1 unspecified atom stereocenters. The first-order valence-electron chi connectivity index (χ1n) is 6.54. The van der Waals surface area contributed by atoms with Crippen molar-refractivity contribution in [2.24, 2.45) is 0 Å². The molecule has 100 valence electrons. The van der Waals surface area contributed by atoms with Crippen molar-refractivity contribution < 1.29 is 4.74 Å². The third kappa shape index (κ3) is 2.72. The number of rotatable bonds is 4. The number of ether oxygens (including phenoxy) is 1. The van der Waals surface area contributed by atoms with Crippen LogP contribution >= 0.6 is 15.9 Å². The Labute approximate surface area is 120 Å². The molecule has 5 heteroatoms. The van der Waals surface area contributed by atoms with Gasteiger partial charge in [0, 0.05) is 18.7 Å². The molecule has 1 aromatic carbocycles. The molecule has 2 aromatic rings. The zero-order valence-electron chi connectivity index (χ0n) is 10.6. The topological polar surface area (TPSA) is 39.9 Å². The highest BCUT2D eigenvalue weighted by Crippen LogP contribution is 2.20. The average Bonchev–Trinajstić information content (AvgIpc) is 3.09. The van der Waals surface area contributed by atoms with Crippen molar-refractivity contribution in [1.29, 1.82) is 0 Å². The van der Waals surface area contributed by atoms with E-state index >= 15 is 0 Å². The fourth-order valence-corrected chi connectivity index (χ4v) is 2.82. The Hall–Kier alpha value is -1.20. The minimum atomic E-state index is 0.287. The van der Waals surface area contributed by atoms with Gasteiger partial charge in [0.05, 0.1) is 11.4 Å². The van der Waals surface area contributed by atoms with Gasteiger partial charge in [-0.1, -0.05) is 34.1 Å². The lowest BCUT2D eigenvalue weighted by molar-refractivity contribution is 0.109. The molecule has 0 bridgehead atoms. The summed E-state index contributed by atoms with van der Waals surface area (Å²) < 4.78 is 7.82. The maximum atomic E-state index is 5.70. The number of hydrogen-bond donors (Lipinski definition) is 0. The molecule has 1 aromatic heterocycles. The van der Waals surface area contributed by atoms with Gasteiger partial charge in [0.15, 0.2) is 0 Å². The lowest BCUT2D eigenvalue weighted by Gasteiger charge is -2.12. The predicted octanol–water partition coefficient (Wildman–Crippen LogP) is 2.88. The van der Waals surface area contributed by atoms with Crippen molar-refractivity contribution in [1.82, 2.24) is 14.8 Å². The lowest BCUT2D eigenvalue weighted by atomic mass is 10.1. The number of hydrogen-bond acceptors (Lipinski definition) is 3. The summed E-state index contributed by atoms with van der Waals surface area (Å²) in [6.07, 6.45) is 3.38. The standard InChI is InChI=1S/C14H16BrN3O/c15-10-14-17-16-13(9-12-7-4-8-19-12)18(14)11-5-2-1-3-6-11/h1-3,5-6,12H,4,7-10H2. The number of halogens is 1. The predicted molar refractivity (Wildman–Crippen MR) is 76.7 cm³/mol. The molecule has 0 saturated carbocycles. The molecular formula is C14H16BrN3O. The van der Waals surface area contributed by atoms with Crippen LogP contribution in [0.3, 0.4) is 0 Å². The number of nitrogens with zero attached hydrogens (tertiary/aromatic N) is 3. The van der Waals surface area contributed by atoms with E-state index in [0.717, 1.165) is 43.2 Å². The van der Waals surface area contributed by atoms with Crippen molar-refractivity contribution >= 4 is 15.9 Å². The second-order valence-corrected chi connectivity index (χ2v) is 5.24. The third-order valence-corrected chi connectivity index (χ3v) is 3.87. The quantitative estimate of drug-likeness (QED) is 0.813. The summed E-state index contributed by atoms with van der Waals surface area (Å²) in [7, 11) is 0. The summed E-state index contributed by atoms with van der Waals surface area (Å²) in [5.74, 6) is 1.91. The van der Waals surface area contributed by atoms with Gasteiger partial charge in [0.1, 0.15) is 11.6 Å². The molecule has 1 aliphatic heterocycles. The number of aromatic nitrogens is 3. The highest BCUT2D eigenvalue weighted by atomic mass is 79.9. The second-order valence-electron chi connectivity index (χ2n) is 4.68. The van der Waals surface area contributed by atoms with E-state index in [1.165, 1.54) is 0 Å². The van der Waals surface area contributed by atoms with Gasteiger partial charge < -0.3 is 4.74 Å². The van der Waals surface area contributed by atoms with Crippen LogP contribution in [-0.4, -0.2) is 27.5 Å². The Bertz CT molecular complexity index is 535. The molecule has 0 N–H and O–H groups in total. The summed E-state index contributed by atoms with van der Waals surface area (Å²) in [4.78, 5) is 0. The molecule has 0 amide bonds. The first kappa shape index (κ1) is 12.8. The van der Waals surface area contributed by atoms with E-state index in [0.29, 0.717) is 5.33 Å². The molecule has 3 rings (SSSR count). The summed E-state index contributed by atoms with van der Waals surface area (Å²) >= 11 is 3.48. The second kappa shape index (κ2) is 5.84. The van der Waals surface area contributed by atoms with Crippen LogP contribution in [0.1, 0.15) is 24.5 Å². The van der Waals surface area contributed by atoms with Crippen LogP contribution in [0.4, 0.5) is 0 Å². The van der Waals surface area contributed by atoms with Crippen molar-refractivity contribution in [2.45, 2.75) is 30.7 Å². The summed E-state index contributed by atoms with van der Waals surface area (Å²) in [6.45, 7) is 0.870. The van der Waals surface area contributed by atoms with Crippen molar-refractivity contribution in [3.63, 3.8) is 0 Å². The minimum absolute atomic E-state index is 0.287. The van der Waals surface area contributed by atoms with Crippen molar-refractivity contribution in [3.05, 3.63) is 42.0 Å². The van der Waals surface area contributed by atoms with Gasteiger partial charge in [-0.15, -0.1) is 10.2 Å². The van der Waals surface area contributed by atoms with E-state index in [1.807, 2.05) is 18.2 Å². The highest BCUT2D eigenvalue weighted by molar-refractivity contribution is 9.08. The molecular weight excluding hydrogens is 306 g/mol. The van der Waals surface area contributed by atoms with Crippen LogP contribution in [-0.2, 0) is 16.5 Å². The largest absolute Gasteiger partial charge is 0.378 e. The maximum absolute atomic E-state index is 5.70. The van der Waals surface area contributed by atoms with Crippen molar-refractivity contribution in [3.8, 4) is 5.69 Å². The molecule has 0 radical (unpaired) electrons. The zero-order valence-corrected chi connectivity index (χ0v) is 12.2. The summed E-state index contributed by atoms with van der Waals surface area (Å²) in [6, 6.07) is 10.2. The van der Waals surface area contributed by atoms with Crippen LogP contribution in [0.2, 0.25) is 0 Å². The summed E-state index contributed by atoms with van der Waals surface area (Å²) in [5.41, 5.74) is 1.11. The van der Waals surface area contributed by atoms with Gasteiger partial charge in [0.2, 0.25) is 0 Å². The molecule has 19 heavy (non-hydrogen) atoms. The van der Waals surface area contributed by atoms with Crippen LogP contribution in [0.15, 0.2) is 30.3 Å². The van der Waals surface area contributed by atoms with Crippen LogP contribution in [0, 0.1) is 0 Å². The Balaban J connectivity index is 1.93. The van der Waals surface area contributed by atoms with Crippen molar-refractivity contribution in [2.75, 3.05) is 6.61 Å². The Morgan fingerprint density at radius 1 is 1.21 bits per heavy atom. The number of para-hydroxylation sites is 1. The van der Waals surface area contributed by atoms with E-state index in [4.69, 9.17) is 4.74 Å². The van der Waals surface area contributed by atoms with Gasteiger partial charge in [-0.05, 0) is 25.0 Å². The maximum Gasteiger partial charge on any atom is 0.148 e. The third-order valence-electron chi connectivity index (χ3n) is 3.37. The smallest absolute Gasteiger partial charge is 0.148 e. The number of alkyl halides is 1.